The number of nitrogens with zero attached hydrogens (tertiary/aromatic N) is 4. The molecule has 1 saturated heterocycles. The quantitative estimate of drug-likeness (QED) is 0.642. The largest absolute Gasteiger partial charge is 0.416 e. The van der Waals surface area contributed by atoms with Crippen LogP contribution < -0.4 is 0 Å². The SMILES string of the molecule is Cc1nn(C)c(C)c1CCC(=O)N1CCN(S(=O)(=O)c2cc(C(F)(F)F)ccc2Cl)CC1. The summed E-state index contributed by atoms with van der Waals surface area (Å²) in [5.41, 5.74) is 1.78. The highest BCUT2D eigenvalue weighted by Crippen LogP contribution is 2.34. The zero-order valence-corrected chi connectivity index (χ0v) is 19.5. The van der Waals surface area contributed by atoms with Gasteiger partial charge in [-0.15, -0.1) is 0 Å². The summed E-state index contributed by atoms with van der Waals surface area (Å²) in [6.45, 7) is 4.08. The summed E-state index contributed by atoms with van der Waals surface area (Å²) in [5, 5.41) is 4.05. The van der Waals surface area contributed by atoms with E-state index in [2.05, 4.69) is 5.10 Å². The van der Waals surface area contributed by atoms with Gasteiger partial charge in [-0.25, -0.2) is 8.42 Å². The van der Waals surface area contributed by atoms with Crippen LogP contribution in [0.1, 0.15) is 28.9 Å². The number of hydrogen-bond acceptors (Lipinski definition) is 4. The number of halogens is 4. The fourth-order valence-corrected chi connectivity index (χ4v) is 5.69. The average Bonchev–Trinajstić information content (AvgIpc) is 2.96. The summed E-state index contributed by atoms with van der Waals surface area (Å²) < 4.78 is 67.7. The van der Waals surface area contributed by atoms with E-state index in [4.69, 9.17) is 11.6 Å². The molecule has 1 aromatic carbocycles. The molecule has 1 fully saturated rings. The molecule has 12 heteroatoms. The maximum absolute atomic E-state index is 13.0. The van der Waals surface area contributed by atoms with Crippen LogP contribution in [0.2, 0.25) is 5.02 Å². The Labute approximate surface area is 189 Å². The predicted molar refractivity (Wildman–Crippen MR) is 113 cm³/mol. The van der Waals surface area contributed by atoms with Crippen molar-refractivity contribution in [3.8, 4) is 0 Å². The van der Waals surface area contributed by atoms with Gasteiger partial charge < -0.3 is 4.90 Å². The van der Waals surface area contributed by atoms with Crippen molar-refractivity contribution in [3.05, 3.63) is 45.7 Å². The molecule has 0 aliphatic carbocycles. The lowest BCUT2D eigenvalue weighted by Gasteiger charge is -2.34. The van der Waals surface area contributed by atoms with Crippen LogP contribution >= 0.6 is 11.6 Å². The standard InChI is InChI=1S/C20H24ClF3N4O3S/c1-13-16(14(2)26(3)25-13)5-7-19(29)27-8-10-28(11-9-27)32(30,31)18-12-15(20(22,23)24)4-6-17(18)21/h4,6,12H,5,7-11H2,1-3H3. The fourth-order valence-electron chi connectivity index (χ4n) is 3.76. The van der Waals surface area contributed by atoms with Crippen LogP contribution in [0.3, 0.4) is 0 Å². The summed E-state index contributed by atoms with van der Waals surface area (Å²) in [5.74, 6) is -0.109. The molecule has 2 aromatic rings. The second-order valence-electron chi connectivity index (χ2n) is 7.70. The number of rotatable bonds is 5. The van der Waals surface area contributed by atoms with Crippen LogP contribution in [0.5, 0.6) is 0 Å². The zero-order valence-electron chi connectivity index (χ0n) is 17.9. The number of aryl methyl sites for hydroxylation is 2. The molecule has 1 aliphatic rings. The number of carbonyl (C=O) groups excluding carboxylic acids is 1. The van der Waals surface area contributed by atoms with Gasteiger partial charge in [0.25, 0.3) is 0 Å². The highest BCUT2D eigenvalue weighted by atomic mass is 35.5. The smallest absolute Gasteiger partial charge is 0.340 e. The number of alkyl halides is 3. The molecule has 0 N–H and O–H groups in total. The summed E-state index contributed by atoms with van der Waals surface area (Å²) in [7, 11) is -2.40. The molecular formula is C20H24ClF3N4O3S. The van der Waals surface area contributed by atoms with Crippen LogP contribution in [0, 0.1) is 13.8 Å². The third-order valence-electron chi connectivity index (χ3n) is 5.72. The first kappa shape index (κ1) is 24.5. The first-order valence-electron chi connectivity index (χ1n) is 9.96. The molecular weight excluding hydrogens is 469 g/mol. The highest BCUT2D eigenvalue weighted by Gasteiger charge is 2.35. The normalized spacial score (nSPS) is 15.9. The molecule has 3 rings (SSSR count). The lowest BCUT2D eigenvalue weighted by atomic mass is 10.1. The molecule has 2 heterocycles. The number of piperazine rings is 1. The number of hydrogen-bond donors (Lipinski definition) is 0. The van der Waals surface area contributed by atoms with E-state index in [9.17, 15) is 26.4 Å². The van der Waals surface area contributed by atoms with Crippen molar-refractivity contribution in [2.45, 2.75) is 37.8 Å². The molecule has 0 saturated carbocycles. The minimum absolute atomic E-state index is 0.0222. The van der Waals surface area contributed by atoms with Crippen molar-refractivity contribution < 1.29 is 26.4 Å². The summed E-state index contributed by atoms with van der Waals surface area (Å²) >= 11 is 5.91. The third kappa shape index (κ3) is 4.94. The molecule has 1 amide bonds. The van der Waals surface area contributed by atoms with Crippen molar-refractivity contribution in [2.75, 3.05) is 26.2 Å². The third-order valence-corrected chi connectivity index (χ3v) is 8.10. The van der Waals surface area contributed by atoms with Gasteiger partial charge >= 0.3 is 6.18 Å². The molecule has 0 radical (unpaired) electrons. The van der Waals surface area contributed by atoms with Crippen LogP contribution in [0.25, 0.3) is 0 Å². The second-order valence-corrected chi connectivity index (χ2v) is 10.0. The Morgan fingerprint density at radius 2 is 1.78 bits per heavy atom. The van der Waals surface area contributed by atoms with E-state index in [1.165, 1.54) is 0 Å². The molecule has 0 bridgehead atoms. The highest BCUT2D eigenvalue weighted by molar-refractivity contribution is 7.89. The first-order chi connectivity index (χ1) is 14.8. The lowest BCUT2D eigenvalue weighted by molar-refractivity contribution is -0.137. The van der Waals surface area contributed by atoms with Gasteiger partial charge in [-0.05, 0) is 44.0 Å². The van der Waals surface area contributed by atoms with Crippen LogP contribution in [-0.4, -0.2) is 59.5 Å². The summed E-state index contributed by atoms with van der Waals surface area (Å²) in [6, 6.07) is 2.22. The molecule has 1 aromatic heterocycles. The second kappa shape index (κ2) is 9.03. The van der Waals surface area contributed by atoms with E-state index in [1.54, 1.807) is 9.58 Å². The van der Waals surface area contributed by atoms with Gasteiger partial charge in [0.15, 0.2) is 0 Å². The molecule has 0 spiro atoms. The Hall–Kier alpha value is -2.11. The average molecular weight is 493 g/mol. The topological polar surface area (TPSA) is 75.5 Å². The Morgan fingerprint density at radius 3 is 2.31 bits per heavy atom. The van der Waals surface area contributed by atoms with Crippen LogP contribution in [0.4, 0.5) is 13.2 Å². The maximum Gasteiger partial charge on any atom is 0.416 e. The lowest BCUT2D eigenvalue weighted by Crippen LogP contribution is -2.50. The molecule has 1 aliphatic heterocycles. The minimum Gasteiger partial charge on any atom is -0.340 e. The van der Waals surface area contributed by atoms with E-state index in [0.717, 1.165) is 33.4 Å². The number of amides is 1. The predicted octanol–water partition coefficient (Wildman–Crippen LogP) is 3.17. The first-order valence-corrected chi connectivity index (χ1v) is 11.8. The molecule has 32 heavy (non-hydrogen) atoms. The van der Waals surface area contributed by atoms with E-state index in [-0.39, 0.29) is 43.5 Å². The summed E-state index contributed by atoms with van der Waals surface area (Å²) in [4.78, 5) is 13.6. The van der Waals surface area contributed by atoms with Crippen molar-refractivity contribution in [1.82, 2.24) is 19.0 Å². The Balaban J connectivity index is 1.65. The van der Waals surface area contributed by atoms with Gasteiger partial charge in [0.1, 0.15) is 4.90 Å². The number of carbonyl (C=O) groups is 1. The number of sulfonamides is 1. The Bertz CT molecular complexity index is 1120. The monoisotopic (exact) mass is 492 g/mol. The van der Waals surface area contributed by atoms with Gasteiger partial charge in [-0.3, -0.25) is 9.48 Å². The Kier molecular flexibility index (Phi) is 6.92. The van der Waals surface area contributed by atoms with Crippen molar-refractivity contribution >= 4 is 27.5 Å². The molecule has 0 atom stereocenters. The van der Waals surface area contributed by atoms with E-state index < -0.39 is 26.7 Å². The van der Waals surface area contributed by atoms with Crippen LogP contribution in [-0.2, 0) is 34.5 Å². The zero-order chi connectivity index (χ0) is 23.8. The summed E-state index contributed by atoms with van der Waals surface area (Å²) in [6.07, 6.45) is -3.90. The van der Waals surface area contributed by atoms with Gasteiger partial charge in [-0.1, -0.05) is 11.6 Å². The van der Waals surface area contributed by atoms with E-state index in [0.29, 0.717) is 12.5 Å². The Morgan fingerprint density at radius 1 is 1.16 bits per heavy atom. The van der Waals surface area contributed by atoms with Gasteiger partial charge in [0.2, 0.25) is 15.9 Å². The van der Waals surface area contributed by atoms with E-state index >= 15 is 0 Å². The van der Waals surface area contributed by atoms with Gasteiger partial charge in [0.05, 0.1) is 16.3 Å². The van der Waals surface area contributed by atoms with Crippen molar-refractivity contribution in [1.29, 1.82) is 0 Å². The van der Waals surface area contributed by atoms with Gasteiger partial charge in [0, 0.05) is 45.3 Å². The fraction of sp³-hybridized carbons (Fsp3) is 0.500. The minimum atomic E-state index is -4.69. The van der Waals surface area contributed by atoms with Gasteiger partial charge in [-0.2, -0.15) is 22.6 Å². The van der Waals surface area contributed by atoms with Crippen LogP contribution in [0.15, 0.2) is 23.1 Å². The number of aromatic nitrogens is 2. The molecule has 0 unspecified atom stereocenters. The molecule has 176 valence electrons. The van der Waals surface area contributed by atoms with Crippen molar-refractivity contribution in [3.63, 3.8) is 0 Å². The molecule has 7 nitrogen and oxygen atoms in total. The van der Waals surface area contributed by atoms with E-state index in [1.807, 2.05) is 20.9 Å². The maximum atomic E-state index is 13.0. The number of benzene rings is 1. The van der Waals surface area contributed by atoms with Crippen molar-refractivity contribution in [2.24, 2.45) is 7.05 Å².